The van der Waals surface area contributed by atoms with E-state index in [1.165, 1.54) is 36.5 Å². The lowest BCUT2D eigenvalue weighted by atomic mass is 10.2. The summed E-state index contributed by atoms with van der Waals surface area (Å²) in [6.45, 7) is -0.521. The minimum Gasteiger partial charge on any atom is -0.271 e. The number of carbonyl (C=O) groups excluding carboxylic acids is 1. The molecule has 1 amide bonds. The first kappa shape index (κ1) is 23.1. The van der Waals surface area contributed by atoms with Gasteiger partial charge in [0.05, 0.1) is 26.8 Å². The van der Waals surface area contributed by atoms with Crippen LogP contribution < -0.4 is 9.73 Å². The molecule has 3 rings (SSSR count). The highest BCUT2D eigenvalue weighted by molar-refractivity contribution is 7.92. The van der Waals surface area contributed by atoms with Gasteiger partial charge in [0.2, 0.25) is 0 Å². The van der Waals surface area contributed by atoms with Crippen LogP contribution in [0.3, 0.4) is 0 Å². The van der Waals surface area contributed by atoms with Crippen LogP contribution in [0.5, 0.6) is 0 Å². The Balaban J connectivity index is 1.85. The van der Waals surface area contributed by atoms with E-state index in [0.717, 1.165) is 4.31 Å². The molecule has 0 unspecified atom stereocenters. The quantitative estimate of drug-likeness (QED) is 0.370. The number of amides is 1. The molecule has 0 atom stereocenters. The van der Waals surface area contributed by atoms with Gasteiger partial charge in [0.25, 0.3) is 15.9 Å². The largest absolute Gasteiger partial charge is 0.271 e. The molecule has 0 aliphatic heterocycles. The SMILES string of the molecule is O=C(CN(c1ccc(Cl)c(Cl)c1)S(=O)(=O)c1ccccc1)N/N=C\c1ccc(Cl)cc1. The number of anilines is 1. The van der Waals surface area contributed by atoms with Crippen molar-refractivity contribution < 1.29 is 13.2 Å². The highest BCUT2D eigenvalue weighted by Crippen LogP contribution is 2.30. The van der Waals surface area contributed by atoms with E-state index in [9.17, 15) is 13.2 Å². The van der Waals surface area contributed by atoms with Crippen molar-refractivity contribution in [3.8, 4) is 0 Å². The lowest BCUT2D eigenvalue weighted by Crippen LogP contribution is -2.39. The van der Waals surface area contributed by atoms with Gasteiger partial charge < -0.3 is 0 Å². The number of halogens is 3. The number of carbonyl (C=O) groups is 1. The fourth-order valence-electron chi connectivity index (χ4n) is 2.57. The predicted molar refractivity (Wildman–Crippen MR) is 125 cm³/mol. The lowest BCUT2D eigenvalue weighted by molar-refractivity contribution is -0.119. The molecule has 0 aliphatic carbocycles. The molecular formula is C21H16Cl3N3O3S. The van der Waals surface area contributed by atoms with Gasteiger partial charge in [-0.2, -0.15) is 5.10 Å². The standard InChI is InChI=1S/C21H16Cl3N3O3S/c22-16-8-6-15(7-9-16)13-25-26-21(28)14-27(17-10-11-19(23)20(24)12-17)31(29,30)18-4-2-1-3-5-18/h1-13H,14H2,(H,26,28)/b25-13-. The number of sulfonamides is 1. The van der Waals surface area contributed by atoms with Gasteiger partial charge in [0.1, 0.15) is 6.54 Å². The number of nitrogens with one attached hydrogen (secondary N) is 1. The Morgan fingerprint density at radius 3 is 2.26 bits per heavy atom. The van der Waals surface area contributed by atoms with E-state index in [0.29, 0.717) is 10.6 Å². The average Bonchev–Trinajstić information content (AvgIpc) is 2.76. The molecule has 3 aromatic carbocycles. The second kappa shape index (κ2) is 10.2. The third-order valence-electron chi connectivity index (χ3n) is 4.08. The van der Waals surface area contributed by atoms with Gasteiger partial charge in [-0.25, -0.2) is 13.8 Å². The molecule has 0 fully saturated rings. The van der Waals surface area contributed by atoms with Crippen molar-refractivity contribution in [2.75, 3.05) is 10.8 Å². The Kier molecular flexibility index (Phi) is 7.56. The van der Waals surface area contributed by atoms with Crippen LogP contribution >= 0.6 is 34.8 Å². The number of hydrazone groups is 1. The summed E-state index contributed by atoms with van der Waals surface area (Å²) in [7, 11) is -4.06. The molecule has 3 aromatic rings. The first-order chi connectivity index (χ1) is 14.8. The monoisotopic (exact) mass is 495 g/mol. The molecule has 0 radical (unpaired) electrons. The second-order valence-corrected chi connectivity index (χ2v) is 9.38. The van der Waals surface area contributed by atoms with Crippen LogP contribution in [0.4, 0.5) is 5.69 Å². The summed E-state index contributed by atoms with van der Waals surface area (Å²) in [6, 6.07) is 18.9. The normalized spacial score (nSPS) is 11.5. The number of benzene rings is 3. The predicted octanol–water partition coefficient (Wildman–Crippen LogP) is 4.99. The van der Waals surface area contributed by atoms with E-state index >= 15 is 0 Å². The molecule has 10 heteroatoms. The maximum absolute atomic E-state index is 13.2. The third kappa shape index (κ3) is 5.98. The fraction of sp³-hybridized carbons (Fsp3) is 0.0476. The van der Waals surface area contributed by atoms with Crippen molar-refractivity contribution in [3.05, 3.63) is 93.4 Å². The minimum atomic E-state index is -4.06. The smallest absolute Gasteiger partial charge is 0.264 e. The van der Waals surface area contributed by atoms with Crippen molar-refractivity contribution in [2.24, 2.45) is 5.10 Å². The molecule has 0 spiro atoms. The molecule has 160 valence electrons. The summed E-state index contributed by atoms with van der Waals surface area (Å²) in [4.78, 5) is 12.5. The summed E-state index contributed by atoms with van der Waals surface area (Å²) < 4.78 is 27.4. The van der Waals surface area contributed by atoms with Crippen molar-refractivity contribution in [3.63, 3.8) is 0 Å². The third-order valence-corrected chi connectivity index (χ3v) is 6.86. The van der Waals surface area contributed by atoms with Crippen LogP contribution in [-0.4, -0.2) is 27.1 Å². The zero-order chi connectivity index (χ0) is 22.4. The van der Waals surface area contributed by atoms with Crippen LogP contribution in [-0.2, 0) is 14.8 Å². The maximum Gasteiger partial charge on any atom is 0.264 e. The summed E-state index contributed by atoms with van der Waals surface area (Å²) in [5, 5.41) is 4.87. The van der Waals surface area contributed by atoms with Crippen LogP contribution in [0.25, 0.3) is 0 Å². The van der Waals surface area contributed by atoms with Crippen molar-refractivity contribution in [1.29, 1.82) is 0 Å². The highest BCUT2D eigenvalue weighted by Gasteiger charge is 2.27. The first-order valence-electron chi connectivity index (χ1n) is 8.88. The van der Waals surface area contributed by atoms with E-state index in [4.69, 9.17) is 34.8 Å². The first-order valence-corrected chi connectivity index (χ1v) is 11.4. The summed E-state index contributed by atoms with van der Waals surface area (Å²) in [5.74, 6) is -0.643. The number of nitrogens with zero attached hydrogens (tertiary/aromatic N) is 2. The number of hydrogen-bond donors (Lipinski definition) is 1. The Morgan fingerprint density at radius 1 is 0.935 bits per heavy atom. The summed E-state index contributed by atoms with van der Waals surface area (Å²) in [6.07, 6.45) is 1.42. The zero-order valence-corrected chi connectivity index (χ0v) is 19.0. The van der Waals surface area contributed by atoms with Gasteiger partial charge in [-0.15, -0.1) is 0 Å². The molecule has 0 bridgehead atoms. The fourth-order valence-corrected chi connectivity index (χ4v) is 4.42. The van der Waals surface area contributed by atoms with E-state index in [1.807, 2.05) is 0 Å². The van der Waals surface area contributed by atoms with Crippen molar-refractivity contribution >= 4 is 62.6 Å². The average molecular weight is 497 g/mol. The summed E-state index contributed by atoms with van der Waals surface area (Å²) >= 11 is 17.8. The lowest BCUT2D eigenvalue weighted by Gasteiger charge is -2.24. The second-order valence-electron chi connectivity index (χ2n) is 6.27. The van der Waals surface area contributed by atoms with E-state index in [2.05, 4.69) is 10.5 Å². The van der Waals surface area contributed by atoms with E-state index in [-0.39, 0.29) is 20.6 Å². The molecule has 0 saturated heterocycles. The van der Waals surface area contributed by atoms with Crippen LogP contribution in [0, 0.1) is 0 Å². The molecule has 31 heavy (non-hydrogen) atoms. The number of hydrogen-bond acceptors (Lipinski definition) is 4. The Hall–Kier alpha value is -2.58. The van der Waals surface area contributed by atoms with Crippen LogP contribution in [0.1, 0.15) is 5.56 Å². The van der Waals surface area contributed by atoms with E-state index < -0.39 is 22.5 Å². The van der Waals surface area contributed by atoms with Crippen molar-refractivity contribution in [1.82, 2.24) is 5.43 Å². The summed E-state index contributed by atoms with van der Waals surface area (Å²) in [5.41, 5.74) is 3.23. The Labute approximate surface area is 195 Å². The van der Waals surface area contributed by atoms with Crippen LogP contribution in [0.15, 0.2) is 82.8 Å². The molecule has 0 aliphatic rings. The van der Waals surface area contributed by atoms with Gasteiger partial charge >= 0.3 is 0 Å². The van der Waals surface area contributed by atoms with Gasteiger partial charge in [-0.3, -0.25) is 9.10 Å². The zero-order valence-electron chi connectivity index (χ0n) is 15.9. The molecular weight excluding hydrogens is 481 g/mol. The van der Waals surface area contributed by atoms with Gasteiger partial charge in [0, 0.05) is 5.02 Å². The number of rotatable bonds is 7. The topological polar surface area (TPSA) is 78.8 Å². The Bertz CT molecular complexity index is 1200. The van der Waals surface area contributed by atoms with Crippen LogP contribution in [0.2, 0.25) is 15.1 Å². The minimum absolute atomic E-state index is 0.0264. The Morgan fingerprint density at radius 2 is 1.61 bits per heavy atom. The van der Waals surface area contributed by atoms with E-state index in [1.54, 1.807) is 42.5 Å². The maximum atomic E-state index is 13.2. The van der Waals surface area contributed by atoms with Gasteiger partial charge in [-0.05, 0) is 48.0 Å². The van der Waals surface area contributed by atoms with Gasteiger partial charge in [-0.1, -0.05) is 65.1 Å². The van der Waals surface area contributed by atoms with Crippen molar-refractivity contribution in [2.45, 2.75) is 4.90 Å². The van der Waals surface area contributed by atoms with Gasteiger partial charge in [0.15, 0.2) is 0 Å². The highest BCUT2D eigenvalue weighted by atomic mass is 35.5. The molecule has 0 heterocycles. The molecule has 1 N–H and O–H groups in total. The molecule has 6 nitrogen and oxygen atoms in total. The molecule has 0 aromatic heterocycles. The molecule has 0 saturated carbocycles.